The van der Waals surface area contributed by atoms with Crippen molar-refractivity contribution >= 4 is 5.97 Å². The normalized spacial score (nSPS) is 14.2. The predicted octanol–water partition coefficient (Wildman–Crippen LogP) is 3.57. The van der Waals surface area contributed by atoms with E-state index in [9.17, 15) is 4.79 Å². The molecule has 0 heterocycles. The van der Waals surface area contributed by atoms with E-state index in [1.165, 1.54) is 12.5 Å². The maximum atomic E-state index is 10.6. The van der Waals surface area contributed by atoms with Crippen LogP contribution in [0.5, 0.6) is 0 Å². The molecule has 0 aliphatic carbocycles. The molecule has 0 aromatic carbocycles. The Balaban J connectivity index is 3.73. The number of carbonyl (C=O) groups is 1. The number of ether oxygens (including phenoxy) is 1. The molecule has 2 nitrogen and oxygen atoms in total. The van der Waals surface area contributed by atoms with E-state index in [0.29, 0.717) is 18.4 Å². The van der Waals surface area contributed by atoms with Crippen molar-refractivity contribution in [2.75, 3.05) is 6.61 Å². The van der Waals surface area contributed by atoms with E-state index >= 15 is 0 Å². The molecule has 0 aromatic rings. The van der Waals surface area contributed by atoms with Crippen molar-refractivity contribution in [2.45, 2.75) is 47.5 Å². The fraction of sp³-hybridized carbons (Fsp3) is 0.769. The van der Waals surface area contributed by atoms with Crippen LogP contribution in [-0.2, 0) is 9.53 Å². The molecule has 0 bridgehead atoms. The van der Waals surface area contributed by atoms with Gasteiger partial charge in [-0.25, -0.2) is 0 Å². The molecule has 15 heavy (non-hydrogen) atoms. The van der Waals surface area contributed by atoms with E-state index in [2.05, 4.69) is 33.8 Å². The zero-order valence-electron chi connectivity index (χ0n) is 10.7. The summed E-state index contributed by atoms with van der Waals surface area (Å²) in [6, 6.07) is 0. The molecule has 0 N–H and O–H groups in total. The van der Waals surface area contributed by atoms with Gasteiger partial charge in [-0.2, -0.15) is 0 Å². The van der Waals surface area contributed by atoms with Crippen molar-refractivity contribution < 1.29 is 9.53 Å². The van der Waals surface area contributed by atoms with Gasteiger partial charge in [-0.3, -0.25) is 4.79 Å². The lowest BCUT2D eigenvalue weighted by Gasteiger charge is -2.18. The Hall–Kier alpha value is -0.790. The Labute approximate surface area is 93.7 Å². The molecule has 0 saturated heterocycles. The lowest BCUT2D eigenvalue weighted by atomic mass is 9.92. The van der Waals surface area contributed by atoms with Gasteiger partial charge in [0.15, 0.2) is 0 Å². The van der Waals surface area contributed by atoms with Gasteiger partial charge in [0.1, 0.15) is 0 Å². The highest BCUT2D eigenvalue weighted by atomic mass is 16.5. The fourth-order valence-corrected chi connectivity index (χ4v) is 1.33. The van der Waals surface area contributed by atoms with Crippen LogP contribution in [0.3, 0.4) is 0 Å². The van der Waals surface area contributed by atoms with Crippen molar-refractivity contribution in [3.63, 3.8) is 0 Å². The summed E-state index contributed by atoms with van der Waals surface area (Å²) in [5.74, 6) is 0.859. The summed E-state index contributed by atoms with van der Waals surface area (Å²) < 4.78 is 5.00. The van der Waals surface area contributed by atoms with Crippen LogP contribution in [-0.4, -0.2) is 12.6 Å². The van der Waals surface area contributed by atoms with Crippen LogP contribution in [0.4, 0.5) is 0 Å². The highest BCUT2D eigenvalue weighted by Gasteiger charge is 2.12. The smallest absolute Gasteiger partial charge is 0.302 e. The summed E-state index contributed by atoms with van der Waals surface area (Å²) in [5.41, 5.74) is 1.37. The molecule has 0 spiro atoms. The maximum absolute atomic E-state index is 10.6. The summed E-state index contributed by atoms with van der Waals surface area (Å²) in [4.78, 5) is 10.6. The molecule has 0 aromatic heterocycles. The van der Waals surface area contributed by atoms with Crippen LogP contribution in [0.2, 0.25) is 0 Å². The number of esters is 1. The Morgan fingerprint density at radius 3 is 2.27 bits per heavy atom. The van der Waals surface area contributed by atoms with Gasteiger partial charge in [0.2, 0.25) is 0 Å². The molecule has 0 saturated carbocycles. The molecule has 0 aliphatic rings. The third-order valence-corrected chi connectivity index (χ3v) is 2.70. The second-order valence-corrected chi connectivity index (χ2v) is 4.62. The minimum Gasteiger partial charge on any atom is -0.466 e. The van der Waals surface area contributed by atoms with Gasteiger partial charge in [0, 0.05) is 6.92 Å². The fourth-order valence-electron chi connectivity index (χ4n) is 1.33. The van der Waals surface area contributed by atoms with E-state index < -0.39 is 0 Å². The van der Waals surface area contributed by atoms with E-state index in [1.54, 1.807) is 0 Å². The van der Waals surface area contributed by atoms with Crippen LogP contribution in [0, 0.1) is 11.8 Å². The first kappa shape index (κ1) is 14.2. The summed E-state index contributed by atoms with van der Waals surface area (Å²) in [5, 5.41) is 0. The first-order valence-electron chi connectivity index (χ1n) is 5.70. The Morgan fingerprint density at radius 1 is 1.20 bits per heavy atom. The van der Waals surface area contributed by atoms with E-state index in [1.807, 2.05) is 0 Å². The first-order chi connectivity index (χ1) is 6.93. The Bertz CT molecular complexity index is 215. The second kappa shape index (κ2) is 7.49. The molecule has 0 amide bonds. The van der Waals surface area contributed by atoms with Crippen LogP contribution < -0.4 is 0 Å². The lowest BCUT2D eigenvalue weighted by molar-refractivity contribution is -0.142. The molecule has 0 aliphatic heterocycles. The average molecular weight is 212 g/mol. The van der Waals surface area contributed by atoms with Crippen LogP contribution in [0.15, 0.2) is 11.6 Å². The second-order valence-electron chi connectivity index (χ2n) is 4.62. The molecule has 0 fully saturated rings. The Kier molecular flexibility index (Phi) is 7.10. The number of carbonyl (C=O) groups excluding carboxylic acids is 1. The minimum absolute atomic E-state index is 0.182. The van der Waals surface area contributed by atoms with Gasteiger partial charge in [0.25, 0.3) is 0 Å². The Morgan fingerprint density at radius 2 is 1.80 bits per heavy atom. The quantitative estimate of drug-likeness (QED) is 0.497. The van der Waals surface area contributed by atoms with Gasteiger partial charge in [0.05, 0.1) is 6.61 Å². The molecule has 0 radical (unpaired) electrons. The highest BCUT2D eigenvalue weighted by Crippen LogP contribution is 2.18. The molecular formula is C13H24O2. The number of hydrogen-bond acceptors (Lipinski definition) is 2. The van der Waals surface area contributed by atoms with Crippen LogP contribution >= 0.6 is 0 Å². The average Bonchev–Trinajstić information content (AvgIpc) is 2.13. The van der Waals surface area contributed by atoms with Gasteiger partial charge in [-0.15, -0.1) is 0 Å². The summed E-state index contributed by atoms with van der Waals surface area (Å²) in [7, 11) is 0. The number of rotatable bonds is 6. The first-order valence-corrected chi connectivity index (χ1v) is 5.70. The van der Waals surface area contributed by atoms with Gasteiger partial charge < -0.3 is 4.74 Å². The van der Waals surface area contributed by atoms with Crippen molar-refractivity contribution in [1.29, 1.82) is 0 Å². The molecular weight excluding hydrogens is 188 g/mol. The topological polar surface area (TPSA) is 26.3 Å². The number of hydrogen-bond donors (Lipinski definition) is 0. The summed E-state index contributed by atoms with van der Waals surface area (Å²) in [6.45, 7) is 10.6. The summed E-state index contributed by atoms with van der Waals surface area (Å²) >= 11 is 0. The van der Waals surface area contributed by atoms with Gasteiger partial charge in [-0.1, -0.05) is 25.5 Å². The summed E-state index contributed by atoms with van der Waals surface area (Å²) in [6.07, 6.45) is 4.54. The van der Waals surface area contributed by atoms with Crippen LogP contribution in [0.25, 0.3) is 0 Å². The largest absolute Gasteiger partial charge is 0.466 e. The lowest BCUT2D eigenvalue weighted by Crippen LogP contribution is -2.16. The standard InChI is InChI=1S/C13H24O2/c1-10(2)7-6-8-11(3)12(4)9-15-13(5)14/h7,11-12H,6,8-9H2,1-5H3/t11-,12-/m0/s1. The van der Waals surface area contributed by atoms with E-state index in [4.69, 9.17) is 4.74 Å². The third kappa shape index (κ3) is 8.22. The van der Waals surface area contributed by atoms with Crippen molar-refractivity contribution in [3.8, 4) is 0 Å². The zero-order chi connectivity index (χ0) is 11.8. The van der Waals surface area contributed by atoms with E-state index in [-0.39, 0.29) is 5.97 Å². The van der Waals surface area contributed by atoms with Gasteiger partial charge in [-0.05, 0) is 38.5 Å². The van der Waals surface area contributed by atoms with Gasteiger partial charge >= 0.3 is 5.97 Å². The predicted molar refractivity (Wildman–Crippen MR) is 63.6 cm³/mol. The molecule has 2 atom stereocenters. The third-order valence-electron chi connectivity index (χ3n) is 2.70. The van der Waals surface area contributed by atoms with Crippen molar-refractivity contribution in [2.24, 2.45) is 11.8 Å². The monoisotopic (exact) mass is 212 g/mol. The molecule has 2 heteroatoms. The van der Waals surface area contributed by atoms with Crippen molar-refractivity contribution in [1.82, 2.24) is 0 Å². The zero-order valence-corrected chi connectivity index (χ0v) is 10.7. The van der Waals surface area contributed by atoms with Crippen molar-refractivity contribution in [3.05, 3.63) is 11.6 Å². The van der Waals surface area contributed by atoms with Crippen LogP contribution in [0.1, 0.15) is 47.5 Å². The minimum atomic E-state index is -0.182. The molecule has 88 valence electrons. The maximum Gasteiger partial charge on any atom is 0.302 e. The SMILES string of the molecule is CC(=O)OC[C@H](C)[C@@H](C)CCC=C(C)C. The molecule has 0 unspecified atom stereocenters. The van der Waals surface area contributed by atoms with E-state index in [0.717, 1.165) is 12.8 Å². The number of allylic oxidation sites excluding steroid dienone is 2. The highest BCUT2D eigenvalue weighted by molar-refractivity contribution is 5.65. The molecule has 0 rings (SSSR count).